The highest BCUT2D eigenvalue weighted by Gasteiger charge is 2.15. The van der Waals surface area contributed by atoms with Gasteiger partial charge in [-0.25, -0.2) is 4.79 Å². The molecule has 0 radical (unpaired) electrons. The molecule has 0 saturated carbocycles. The van der Waals surface area contributed by atoms with Gasteiger partial charge in [-0.1, -0.05) is 6.07 Å². The van der Waals surface area contributed by atoms with Crippen molar-refractivity contribution in [2.24, 2.45) is 0 Å². The monoisotopic (exact) mass is 298 g/mol. The molecule has 0 spiro atoms. The van der Waals surface area contributed by atoms with Crippen LogP contribution >= 0.6 is 0 Å². The van der Waals surface area contributed by atoms with Gasteiger partial charge in [0.25, 0.3) is 0 Å². The molecule has 0 aromatic heterocycles. The smallest absolute Gasteiger partial charge is 0.343 e. The maximum atomic E-state index is 12.3. The van der Waals surface area contributed by atoms with Crippen LogP contribution in [-0.4, -0.2) is 20.2 Å². The standard InChI is InChI=1S/C18H18O4/c1-20-16-9-14(10-17(11-16)21-2)18(19)22-15-7-6-12-4-3-5-13(12)8-15/h6-11H,3-5H2,1-2H3. The quantitative estimate of drug-likeness (QED) is 0.641. The Balaban J connectivity index is 1.82. The first-order chi connectivity index (χ1) is 10.7. The first-order valence-electron chi connectivity index (χ1n) is 7.26. The minimum atomic E-state index is -0.421. The van der Waals surface area contributed by atoms with Crippen LogP contribution in [0.1, 0.15) is 27.9 Å². The molecule has 4 nitrogen and oxygen atoms in total. The first-order valence-corrected chi connectivity index (χ1v) is 7.26. The highest BCUT2D eigenvalue weighted by Crippen LogP contribution is 2.27. The maximum Gasteiger partial charge on any atom is 0.343 e. The Morgan fingerprint density at radius 2 is 1.55 bits per heavy atom. The summed E-state index contributed by atoms with van der Waals surface area (Å²) in [6.45, 7) is 0. The number of carbonyl (C=O) groups excluding carboxylic acids is 1. The van der Waals surface area contributed by atoms with E-state index in [1.807, 2.05) is 18.2 Å². The Morgan fingerprint density at radius 1 is 0.864 bits per heavy atom. The van der Waals surface area contributed by atoms with Crippen LogP contribution in [0.2, 0.25) is 0 Å². The highest BCUT2D eigenvalue weighted by molar-refractivity contribution is 5.92. The summed E-state index contributed by atoms with van der Waals surface area (Å²) in [5, 5.41) is 0. The lowest BCUT2D eigenvalue weighted by Crippen LogP contribution is -2.09. The molecule has 0 heterocycles. The minimum absolute atomic E-state index is 0.400. The van der Waals surface area contributed by atoms with Crippen molar-refractivity contribution < 1.29 is 19.0 Å². The fourth-order valence-corrected chi connectivity index (χ4v) is 2.70. The van der Waals surface area contributed by atoms with Gasteiger partial charge in [-0.2, -0.15) is 0 Å². The van der Waals surface area contributed by atoms with Crippen LogP contribution in [0.5, 0.6) is 17.2 Å². The number of esters is 1. The second-order valence-electron chi connectivity index (χ2n) is 5.27. The van der Waals surface area contributed by atoms with Gasteiger partial charge >= 0.3 is 5.97 Å². The number of methoxy groups -OCH3 is 2. The zero-order valence-corrected chi connectivity index (χ0v) is 12.7. The van der Waals surface area contributed by atoms with Crippen molar-refractivity contribution in [3.63, 3.8) is 0 Å². The van der Waals surface area contributed by atoms with E-state index in [1.54, 1.807) is 32.4 Å². The number of rotatable bonds is 4. The predicted molar refractivity (Wildman–Crippen MR) is 83.0 cm³/mol. The molecular formula is C18H18O4. The molecular weight excluding hydrogens is 280 g/mol. The van der Waals surface area contributed by atoms with E-state index >= 15 is 0 Å². The van der Waals surface area contributed by atoms with Gasteiger partial charge in [0, 0.05) is 6.07 Å². The normalized spacial score (nSPS) is 12.6. The molecule has 114 valence electrons. The lowest BCUT2D eigenvalue weighted by atomic mass is 10.1. The van der Waals surface area contributed by atoms with Crippen molar-refractivity contribution >= 4 is 5.97 Å². The number of aryl methyl sites for hydroxylation is 2. The molecule has 1 aliphatic rings. The summed E-state index contributed by atoms with van der Waals surface area (Å²) in [5.74, 6) is 1.27. The zero-order chi connectivity index (χ0) is 15.5. The first kappa shape index (κ1) is 14.4. The van der Waals surface area contributed by atoms with Gasteiger partial charge < -0.3 is 14.2 Å². The van der Waals surface area contributed by atoms with Crippen LogP contribution in [0.4, 0.5) is 0 Å². The molecule has 0 saturated heterocycles. The van der Waals surface area contributed by atoms with Crippen molar-refractivity contribution in [2.75, 3.05) is 14.2 Å². The van der Waals surface area contributed by atoms with Crippen LogP contribution < -0.4 is 14.2 Å². The lowest BCUT2D eigenvalue weighted by molar-refractivity contribution is 0.0734. The SMILES string of the molecule is COc1cc(OC)cc(C(=O)Oc2ccc3c(c2)CCC3)c1. The summed E-state index contributed by atoms with van der Waals surface area (Å²) in [5.41, 5.74) is 3.02. The van der Waals surface area contributed by atoms with E-state index in [0.29, 0.717) is 22.8 Å². The van der Waals surface area contributed by atoms with Crippen molar-refractivity contribution in [1.29, 1.82) is 0 Å². The molecule has 2 aromatic rings. The maximum absolute atomic E-state index is 12.3. The van der Waals surface area contributed by atoms with Gasteiger partial charge in [-0.3, -0.25) is 0 Å². The summed E-state index contributed by atoms with van der Waals surface area (Å²) < 4.78 is 15.8. The van der Waals surface area contributed by atoms with Crippen LogP contribution in [0, 0.1) is 0 Å². The Kier molecular flexibility index (Phi) is 4.00. The Morgan fingerprint density at radius 3 is 2.23 bits per heavy atom. The fraction of sp³-hybridized carbons (Fsp3) is 0.278. The van der Waals surface area contributed by atoms with Gasteiger partial charge in [-0.15, -0.1) is 0 Å². The van der Waals surface area contributed by atoms with Crippen molar-refractivity contribution in [3.8, 4) is 17.2 Å². The molecule has 0 bridgehead atoms. The summed E-state index contributed by atoms with van der Waals surface area (Å²) in [6, 6.07) is 10.8. The van der Waals surface area contributed by atoms with Gasteiger partial charge in [0.1, 0.15) is 17.2 Å². The molecule has 0 atom stereocenters. The molecule has 4 heteroatoms. The molecule has 22 heavy (non-hydrogen) atoms. The number of carbonyl (C=O) groups is 1. The topological polar surface area (TPSA) is 44.8 Å². The van der Waals surface area contributed by atoms with Gasteiger partial charge in [0.05, 0.1) is 19.8 Å². The number of benzene rings is 2. The zero-order valence-electron chi connectivity index (χ0n) is 12.7. The number of hydrogen-bond acceptors (Lipinski definition) is 4. The Bertz CT molecular complexity index is 684. The molecule has 3 rings (SSSR count). The largest absolute Gasteiger partial charge is 0.497 e. The number of ether oxygens (including phenoxy) is 3. The fourth-order valence-electron chi connectivity index (χ4n) is 2.70. The van der Waals surface area contributed by atoms with Gasteiger partial charge in [0.15, 0.2) is 0 Å². The molecule has 0 fully saturated rings. The van der Waals surface area contributed by atoms with Crippen LogP contribution in [0.25, 0.3) is 0 Å². The highest BCUT2D eigenvalue weighted by atomic mass is 16.5. The van der Waals surface area contributed by atoms with Gasteiger partial charge in [0.2, 0.25) is 0 Å². The van der Waals surface area contributed by atoms with E-state index in [0.717, 1.165) is 12.8 Å². The number of hydrogen-bond donors (Lipinski definition) is 0. The summed E-state index contributed by atoms with van der Waals surface area (Å²) in [4.78, 5) is 12.3. The van der Waals surface area contributed by atoms with Crippen LogP contribution in [-0.2, 0) is 12.8 Å². The van der Waals surface area contributed by atoms with Gasteiger partial charge in [-0.05, 0) is 54.7 Å². The van der Waals surface area contributed by atoms with E-state index in [2.05, 4.69) is 0 Å². The van der Waals surface area contributed by atoms with E-state index in [4.69, 9.17) is 14.2 Å². The van der Waals surface area contributed by atoms with E-state index in [9.17, 15) is 4.79 Å². The third-order valence-corrected chi connectivity index (χ3v) is 3.87. The Labute approximate surface area is 129 Å². The molecule has 0 aliphatic heterocycles. The third-order valence-electron chi connectivity index (χ3n) is 3.87. The van der Waals surface area contributed by atoms with Crippen LogP contribution in [0.3, 0.4) is 0 Å². The predicted octanol–water partition coefficient (Wildman–Crippen LogP) is 3.41. The minimum Gasteiger partial charge on any atom is -0.497 e. The summed E-state index contributed by atoms with van der Waals surface area (Å²) in [6.07, 6.45) is 3.32. The second-order valence-corrected chi connectivity index (χ2v) is 5.27. The lowest BCUT2D eigenvalue weighted by Gasteiger charge is -2.09. The third kappa shape index (κ3) is 2.91. The van der Waals surface area contributed by atoms with E-state index in [-0.39, 0.29) is 0 Å². The molecule has 2 aromatic carbocycles. The molecule has 0 N–H and O–H groups in total. The number of fused-ring (bicyclic) bond motifs is 1. The molecule has 0 amide bonds. The van der Waals surface area contributed by atoms with Crippen LogP contribution in [0.15, 0.2) is 36.4 Å². The Hall–Kier alpha value is -2.49. The average Bonchev–Trinajstić information content (AvgIpc) is 3.01. The van der Waals surface area contributed by atoms with Crippen molar-refractivity contribution in [3.05, 3.63) is 53.1 Å². The van der Waals surface area contributed by atoms with E-state index < -0.39 is 5.97 Å². The summed E-state index contributed by atoms with van der Waals surface area (Å²) >= 11 is 0. The molecule has 0 unspecified atom stereocenters. The van der Waals surface area contributed by atoms with Crippen molar-refractivity contribution in [2.45, 2.75) is 19.3 Å². The second kappa shape index (κ2) is 6.10. The van der Waals surface area contributed by atoms with E-state index in [1.165, 1.54) is 17.5 Å². The summed E-state index contributed by atoms with van der Waals surface area (Å²) in [7, 11) is 3.09. The average molecular weight is 298 g/mol. The van der Waals surface area contributed by atoms with Crippen molar-refractivity contribution in [1.82, 2.24) is 0 Å². The molecule has 1 aliphatic carbocycles.